The molecule has 0 saturated heterocycles. The van der Waals surface area contributed by atoms with Gasteiger partial charge in [-0.15, -0.1) is 11.3 Å². The van der Waals surface area contributed by atoms with Crippen molar-refractivity contribution in [3.63, 3.8) is 0 Å². The summed E-state index contributed by atoms with van der Waals surface area (Å²) >= 11 is 5.11. The first kappa shape index (κ1) is 25.2. The first-order valence-corrected chi connectivity index (χ1v) is 13.7. The Morgan fingerprint density at radius 2 is 1.71 bits per heavy atom. The van der Waals surface area contributed by atoms with Crippen LogP contribution in [0.3, 0.4) is 0 Å². The Morgan fingerprint density at radius 3 is 2.47 bits per heavy atom. The summed E-state index contributed by atoms with van der Waals surface area (Å²) in [6.07, 6.45) is 6.26. The van der Waals surface area contributed by atoms with Gasteiger partial charge in [-0.3, -0.25) is 9.36 Å². The molecule has 2 aromatic carbocycles. The van der Waals surface area contributed by atoms with Crippen molar-refractivity contribution in [2.24, 2.45) is 0 Å². The van der Waals surface area contributed by atoms with E-state index in [1.807, 2.05) is 17.6 Å². The Morgan fingerprint density at radius 1 is 0.941 bits per heavy atom. The largest absolute Gasteiger partial charge is 1.00 e. The van der Waals surface area contributed by atoms with Crippen molar-refractivity contribution in [2.75, 3.05) is 11.4 Å². The van der Waals surface area contributed by atoms with E-state index < -0.39 is 0 Å². The van der Waals surface area contributed by atoms with Gasteiger partial charge in [0.1, 0.15) is 15.9 Å². The topological polar surface area (TPSA) is 29.1 Å². The van der Waals surface area contributed by atoms with E-state index in [1.165, 1.54) is 25.8 Å². The van der Waals surface area contributed by atoms with Crippen molar-refractivity contribution < 1.29 is 28.5 Å². The molecule has 34 heavy (non-hydrogen) atoms. The molecule has 0 saturated carbocycles. The molecule has 0 bridgehead atoms. The number of hydrogen-bond acceptors (Lipinski definition) is 5. The summed E-state index contributed by atoms with van der Waals surface area (Å²) in [7, 11) is 0. The normalized spacial score (nSPS) is 15.4. The molecule has 0 amide bonds. The van der Waals surface area contributed by atoms with E-state index in [0.29, 0.717) is 6.54 Å². The molecular formula is C26H26IN3OS3. The Kier molecular flexibility index (Phi) is 8.01. The second kappa shape index (κ2) is 10.8. The molecule has 0 radical (unpaired) electrons. The maximum atomic E-state index is 13.2. The molecule has 0 atom stereocenters. The van der Waals surface area contributed by atoms with E-state index in [-0.39, 0.29) is 29.5 Å². The van der Waals surface area contributed by atoms with Crippen molar-refractivity contribution in [3.05, 3.63) is 84.2 Å². The molecule has 0 N–H and O–H groups in total. The number of thiazole rings is 2. The lowest BCUT2D eigenvalue weighted by Gasteiger charge is -2.17. The van der Waals surface area contributed by atoms with Gasteiger partial charge in [-0.2, -0.15) is 4.57 Å². The van der Waals surface area contributed by atoms with Gasteiger partial charge in [-0.25, -0.2) is 0 Å². The molecule has 1 aliphatic heterocycles. The summed E-state index contributed by atoms with van der Waals surface area (Å²) in [5.41, 5.74) is 2.57. The van der Waals surface area contributed by atoms with Crippen LogP contribution in [0.5, 0.6) is 0 Å². The van der Waals surface area contributed by atoms with E-state index in [2.05, 4.69) is 84.0 Å². The number of hydrogen-bond donors (Lipinski definition) is 0. The predicted octanol–water partition coefficient (Wildman–Crippen LogP) is 1.54. The molecule has 4 nitrogen and oxygen atoms in total. The number of rotatable bonds is 5. The average Bonchev–Trinajstić information content (AvgIpc) is 3.47. The smallest absolute Gasteiger partial charge is 0.269 e. The van der Waals surface area contributed by atoms with Gasteiger partial charge in [0.25, 0.3) is 10.6 Å². The van der Waals surface area contributed by atoms with Crippen molar-refractivity contribution >= 4 is 62.5 Å². The van der Waals surface area contributed by atoms with Gasteiger partial charge in [0.15, 0.2) is 0 Å². The van der Waals surface area contributed by atoms with E-state index >= 15 is 0 Å². The third kappa shape index (κ3) is 4.53. The maximum absolute atomic E-state index is 13.2. The molecule has 5 rings (SSSR count). The van der Waals surface area contributed by atoms with E-state index in [0.717, 1.165) is 27.3 Å². The molecule has 0 spiro atoms. The fourth-order valence-electron chi connectivity index (χ4n) is 4.20. The highest BCUT2D eigenvalue weighted by molar-refractivity contribution is 8.03. The van der Waals surface area contributed by atoms with Crippen LogP contribution in [0.1, 0.15) is 25.8 Å². The minimum Gasteiger partial charge on any atom is -1.00 e. The molecule has 2 aromatic heterocycles. The van der Waals surface area contributed by atoms with Gasteiger partial charge >= 0.3 is 0 Å². The molecule has 3 heterocycles. The Balaban J connectivity index is 0.00000274. The third-order valence-electron chi connectivity index (χ3n) is 5.78. The van der Waals surface area contributed by atoms with Crippen molar-refractivity contribution in [3.8, 4) is 0 Å². The van der Waals surface area contributed by atoms with Crippen LogP contribution < -0.4 is 48.2 Å². The maximum Gasteiger partial charge on any atom is 0.269 e. The zero-order valence-corrected chi connectivity index (χ0v) is 23.9. The lowest BCUT2D eigenvalue weighted by Crippen LogP contribution is -3.00. The number of benzene rings is 2. The Labute approximate surface area is 228 Å². The molecule has 176 valence electrons. The zero-order chi connectivity index (χ0) is 22.9. The number of allylic oxidation sites excluding steroid dienone is 1. The molecule has 1 aliphatic rings. The van der Waals surface area contributed by atoms with Crippen molar-refractivity contribution in [1.82, 2.24) is 4.57 Å². The second-order valence-corrected chi connectivity index (χ2v) is 10.8. The molecular weight excluding hydrogens is 593 g/mol. The number of nitrogens with zero attached hydrogens (tertiary/aromatic N) is 3. The van der Waals surface area contributed by atoms with Gasteiger partial charge < -0.3 is 28.9 Å². The number of aryl methyl sites for hydroxylation is 1. The van der Waals surface area contributed by atoms with E-state index in [4.69, 9.17) is 0 Å². The predicted molar refractivity (Wildman–Crippen MR) is 143 cm³/mol. The number of para-hydroxylation sites is 2. The van der Waals surface area contributed by atoms with Gasteiger partial charge in [0.2, 0.25) is 5.52 Å². The minimum atomic E-state index is 0. The highest BCUT2D eigenvalue weighted by Crippen LogP contribution is 2.45. The lowest BCUT2D eigenvalue weighted by atomic mass is 10.3. The summed E-state index contributed by atoms with van der Waals surface area (Å²) in [6.45, 7) is 8.81. The third-order valence-corrected chi connectivity index (χ3v) is 9.10. The quantitative estimate of drug-likeness (QED) is 0.251. The SMILES string of the molecule is CCN1/C(=C/C=c2/s/c(=C/c3sc4ccccc4[n+]3CC)n(CC)c2=O)Sc2ccccc21.[I-]. The first-order valence-electron chi connectivity index (χ1n) is 11.2. The highest BCUT2D eigenvalue weighted by atomic mass is 127. The van der Waals surface area contributed by atoms with Crippen LogP contribution in [0.4, 0.5) is 5.69 Å². The van der Waals surface area contributed by atoms with Crippen LogP contribution in [0.2, 0.25) is 0 Å². The fourth-order valence-corrected chi connectivity index (χ4v) is 7.62. The van der Waals surface area contributed by atoms with Crippen LogP contribution in [-0.2, 0) is 13.1 Å². The first-order chi connectivity index (χ1) is 16.1. The standard InChI is InChI=1S/C26H26N3OS3.HI/c1-4-27-18-11-7-9-13-20(18)31-23(27)16-15-22-26(30)29(6-3)25(33-22)17-24-28(5-2)19-12-8-10-14-21(19)32-24;/h7-17H,4-6H2,1-3H3;1H/q+1;/p-1/b22-15+,23-16-;. The molecule has 0 unspecified atom stereocenters. The summed E-state index contributed by atoms with van der Waals surface area (Å²) in [5.74, 6) is 0. The summed E-state index contributed by atoms with van der Waals surface area (Å²) in [6, 6.07) is 16.9. The van der Waals surface area contributed by atoms with Gasteiger partial charge in [-0.05, 0) is 51.1 Å². The van der Waals surface area contributed by atoms with Gasteiger partial charge in [-0.1, -0.05) is 47.4 Å². The monoisotopic (exact) mass is 619 g/mol. The summed E-state index contributed by atoms with van der Waals surface area (Å²) < 4.78 is 7.23. The van der Waals surface area contributed by atoms with Crippen LogP contribution in [0.15, 0.2) is 69.3 Å². The van der Waals surface area contributed by atoms with Crippen LogP contribution >= 0.6 is 34.4 Å². The van der Waals surface area contributed by atoms with Crippen LogP contribution in [0, 0.1) is 0 Å². The van der Waals surface area contributed by atoms with Crippen molar-refractivity contribution in [1.29, 1.82) is 0 Å². The summed E-state index contributed by atoms with van der Waals surface area (Å²) in [5, 5.41) is 2.33. The molecule has 8 heteroatoms. The number of halogens is 1. The van der Waals surface area contributed by atoms with Crippen LogP contribution in [-0.4, -0.2) is 11.1 Å². The molecule has 4 aromatic rings. The van der Waals surface area contributed by atoms with Gasteiger partial charge in [0, 0.05) is 24.1 Å². The molecule has 0 aliphatic carbocycles. The van der Waals surface area contributed by atoms with Crippen molar-refractivity contribution in [2.45, 2.75) is 38.8 Å². The average molecular weight is 620 g/mol. The summed E-state index contributed by atoms with van der Waals surface area (Å²) in [4.78, 5) is 16.7. The second-order valence-electron chi connectivity index (χ2n) is 7.64. The minimum absolute atomic E-state index is 0. The number of aromatic nitrogens is 2. The Bertz CT molecular complexity index is 1550. The lowest BCUT2D eigenvalue weighted by molar-refractivity contribution is -0.665. The van der Waals surface area contributed by atoms with E-state index in [9.17, 15) is 4.79 Å². The fraction of sp³-hybridized carbons (Fsp3) is 0.231. The Hall–Kier alpha value is -1.88. The van der Waals surface area contributed by atoms with E-state index in [1.54, 1.807) is 34.4 Å². The molecule has 0 fully saturated rings. The number of fused-ring (bicyclic) bond motifs is 2. The highest BCUT2D eigenvalue weighted by Gasteiger charge is 2.22. The zero-order valence-electron chi connectivity index (χ0n) is 19.3. The number of thioether (sulfide) groups is 1. The number of anilines is 1. The van der Waals surface area contributed by atoms with Gasteiger partial charge in [0.05, 0.1) is 21.3 Å². The van der Waals surface area contributed by atoms with Crippen LogP contribution in [0.25, 0.3) is 22.4 Å².